The van der Waals surface area contributed by atoms with E-state index in [0.29, 0.717) is 0 Å². The van der Waals surface area contributed by atoms with Gasteiger partial charge in [0.1, 0.15) is 0 Å². The molecule has 4 rings (SSSR count). The molecule has 3 aromatic rings. The van der Waals surface area contributed by atoms with Crippen LogP contribution in [0.1, 0.15) is 29.7 Å². The summed E-state index contributed by atoms with van der Waals surface area (Å²) in [5, 5.41) is 8.93. The number of hydrogen-bond acceptors (Lipinski definition) is 2. The number of carboxylic acid groups (broad SMARTS) is 1. The van der Waals surface area contributed by atoms with Gasteiger partial charge < -0.3 is 9.67 Å². The first kappa shape index (κ1) is 19.6. The molecule has 1 atom stereocenters. The quantitative estimate of drug-likeness (QED) is 0.647. The molecule has 1 aliphatic carbocycles. The van der Waals surface area contributed by atoms with Crippen molar-refractivity contribution in [3.8, 4) is 0 Å². The summed E-state index contributed by atoms with van der Waals surface area (Å²) in [5.74, 6) is 0. The monoisotopic (exact) mass is 403 g/mol. The highest BCUT2D eigenvalue weighted by Gasteiger charge is 2.22. The molecule has 6 heteroatoms. The van der Waals surface area contributed by atoms with E-state index in [0.717, 1.165) is 34.8 Å². The minimum absolute atomic E-state index is 0.250. The van der Waals surface area contributed by atoms with Crippen molar-refractivity contribution >= 4 is 39.8 Å². The van der Waals surface area contributed by atoms with Gasteiger partial charge in [0.25, 0.3) is 6.47 Å². The van der Waals surface area contributed by atoms with Crippen molar-refractivity contribution in [2.45, 2.75) is 37.1 Å². The second-order valence-corrected chi connectivity index (χ2v) is 8.34. The molecule has 0 bridgehead atoms. The predicted octanol–water partition coefficient (Wildman–Crippen LogP) is 4.66. The van der Waals surface area contributed by atoms with Crippen molar-refractivity contribution in [2.75, 3.05) is 6.26 Å². The van der Waals surface area contributed by atoms with Crippen LogP contribution < -0.4 is 0 Å². The van der Waals surface area contributed by atoms with Crippen molar-refractivity contribution in [3.63, 3.8) is 0 Å². The zero-order valence-corrected chi connectivity index (χ0v) is 16.7. The van der Waals surface area contributed by atoms with Crippen LogP contribution in [-0.2, 0) is 35.0 Å². The Morgan fingerprint density at radius 3 is 2.48 bits per heavy atom. The van der Waals surface area contributed by atoms with Crippen molar-refractivity contribution in [2.24, 2.45) is 0 Å². The first-order valence-electron chi connectivity index (χ1n) is 8.85. The second kappa shape index (κ2) is 8.72. The maximum atomic E-state index is 12.3. The fourth-order valence-corrected chi connectivity index (χ4v) is 4.72. The van der Waals surface area contributed by atoms with Crippen LogP contribution in [0.15, 0.2) is 47.4 Å². The van der Waals surface area contributed by atoms with Gasteiger partial charge in [-0.3, -0.25) is 9.00 Å². The zero-order valence-electron chi connectivity index (χ0n) is 15.2. The molecule has 1 N–H and O–H groups in total. The van der Waals surface area contributed by atoms with Gasteiger partial charge in [0.15, 0.2) is 0 Å². The summed E-state index contributed by atoms with van der Waals surface area (Å²) in [5.41, 5.74) is 5.25. The summed E-state index contributed by atoms with van der Waals surface area (Å²) < 4.78 is 14.7. The molecule has 0 fully saturated rings. The van der Waals surface area contributed by atoms with E-state index in [2.05, 4.69) is 22.8 Å². The first-order valence-corrected chi connectivity index (χ1v) is 10.8. The second-order valence-electron chi connectivity index (χ2n) is 6.56. The van der Waals surface area contributed by atoms with Gasteiger partial charge in [0.05, 0.1) is 21.2 Å². The van der Waals surface area contributed by atoms with E-state index in [9.17, 15) is 4.21 Å². The van der Waals surface area contributed by atoms with Crippen LogP contribution in [-0.4, -0.2) is 26.6 Å². The Bertz CT molecular complexity index is 979. The fourth-order valence-electron chi connectivity index (χ4n) is 3.84. The number of para-hydroxylation sites is 1. The van der Waals surface area contributed by atoms with Crippen molar-refractivity contribution < 1.29 is 14.1 Å². The topological polar surface area (TPSA) is 59.3 Å². The van der Waals surface area contributed by atoms with Crippen LogP contribution in [0.3, 0.4) is 0 Å². The van der Waals surface area contributed by atoms with Crippen LogP contribution in [0.4, 0.5) is 0 Å². The smallest absolute Gasteiger partial charge is 0.290 e. The molecule has 0 radical (unpaired) electrons. The lowest BCUT2D eigenvalue weighted by Gasteiger charge is -2.16. The Morgan fingerprint density at radius 2 is 1.81 bits per heavy atom. The maximum absolute atomic E-state index is 12.3. The van der Waals surface area contributed by atoms with Crippen LogP contribution in [0.2, 0.25) is 5.02 Å². The van der Waals surface area contributed by atoms with Crippen molar-refractivity contribution in [3.05, 3.63) is 64.3 Å². The van der Waals surface area contributed by atoms with Crippen LogP contribution in [0, 0.1) is 0 Å². The summed E-state index contributed by atoms with van der Waals surface area (Å²) >= 11 is 6.02. The third-order valence-electron chi connectivity index (χ3n) is 4.92. The summed E-state index contributed by atoms with van der Waals surface area (Å²) in [7, 11) is -0.996. The number of carbonyl (C=O) groups is 1. The van der Waals surface area contributed by atoms with Crippen LogP contribution in [0.25, 0.3) is 10.9 Å². The molecule has 0 aliphatic heterocycles. The average Bonchev–Trinajstić information content (AvgIpc) is 2.98. The highest BCUT2D eigenvalue weighted by atomic mass is 35.5. The third kappa shape index (κ3) is 4.09. The molecular weight excluding hydrogens is 382 g/mol. The SMILES string of the molecule is CS(=O)c1cccc2c3c(n(Cc4ccc(Cl)cc4)c12)CCCC3.O=CO. The molecule has 1 heterocycles. The highest BCUT2D eigenvalue weighted by molar-refractivity contribution is 7.84. The Balaban J connectivity index is 0.000000659. The molecule has 0 amide bonds. The van der Waals surface area contributed by atoms with Gasteiger partial charge >= 0.3 is 0 Å². The molecule has 142 valence electrons. The Labute approximate surface area is 166 Å². The molecule has 1 aliphatic rings. The van der Waals surface area contributed by atoms with E-state index in [-0.39, 0.29) is 6.47 Å². The number of benzene rings is 2. The number of aromatic nitrogens is 1. The number of fused-ring (bicyclic) bond motifs is 3. The zero-order chi connectivity index (χ0) is 19.4. The fraction of sp³-hybridized carbons (Fsp3) is 0.286. The molecule has 1 aromatic heterocycles. The number of halogens is 1. The molecule has 1 unspecified atom stereocenters. The lowest BCUT2D eigenvalue weighted by atomic mass is 9.95. The molecule has 4 nitrogen and oxygen atoms in total. The van der Waals surface area contributed by atoms with Crippen LogP contribution in [0.5, 0.6) is 0 Å². The van der Waals surface area contributed by atoms with E-state index in [4.69, 9.17) is 21.5 Å². The van der Waals surface area contributed by atoms with Gasteiger partial charge in [-0.2, -0.15) is 0 Å². The van der Waals surface area contributed by atoms with E-state index in [1.54, 1.807) is 6.26 Å². The normalized spacial score (nSPS) is 14.1. The predicted molar refractivity (Wildman–Crippen MR) is 110 cm³/mol. The van der Waals surface area contributed by atoms with E-state index < -0.39 is 10.8 Å². The van der Waals surface area contributed by atoms with Crippen LogP contribution >= 0.6 is 11.6 Å². The summed E-state index contributed by atoms with van der Waals surface area (Å²) in [6.45, 7) is 0.553. The van der Waals surface area contributed by atoms with E-state index >= 15 is 0 Å². The number of nitrogens with zero attached hydrogens (tertiary/aromatic N) is 1. The molecule has 0 saturated carbocycles. The number of hydrogen-bond donors (Lipinski definition) is 1. The molecule has 27 heavy (non-hydrogen) atoms. The number of rotatable bonds is 3. The van der Waals surface area contributed by atoms with Crippen molar-refractivity contribution in [1.29, 1.82) is 0 Å². The summed E-state index contributed by atoms with van der Waals surface area (Å²) in [4.78, 5) is 9.30. The Hall–Kier alpha value is -2.11. The lowest BCUT2D eigenvalue weighted by Crippen LogP contribution is -2.10. The van der Waals surface area contributed by atoms with E-state index in [1.165, 1.54) is 35.0 Å². The standard InChI is InChI=1S/C20H20ClNOS.CH2O2/c1-24(23)19-8-4-6-17-16-5-2-3-7-18(16)22(20(17)19)13-14-9-11-15(21)12-10-14;2-1-3/h4,6,8-12H,2-3,5,7,13H2,1H3;1H,(H,2,3). The van der Waals surface area contributed by atoms with Gasteiger partial charge in [-0.15, -0.1) is 0 Å². The highest BCUT2D eigenvalue weighted by Crippen LogP contribution is 2.35. The van der Waals surface area contributed by atoms with E-state index in [1.807, 2.05) is 24.3 Å². The third-order valence-corrected chi connectivity index (χ3v) is 6.12. The Morgan fingerprint density at radius 1 is 1.15 bits per heavy atom. The van der Waals surface area contributed by atoms with Gasteiger partial charge in [-0.05, 0) is 55.0 Å². The lowest BCUT2D eigenvalue weighted by molar-refractivity contribution is -0.122. The van der Waals surface area contributed by atoms with Gasteiger partial charge in [-0.1, -0.05) is 35.9 Å². The summed E-state index contributed by atoms with van der Waals surface area (Å²) in [6.07, 6.45) is 6.47. The maximum Gasteiger partial charge on any atom is 0.290 e. The largest absolute Gasteiger partial charge is 0.483 e. The number of aryl methyl sites for hydroxylation is 1. The van der Waals surface area contributed by atoms with Gasteiger partial charge in [0, 0.05) is 28.9 Å². The molecule has 0 spiro atoms. The Kier molecular flexibility index (Phi) is 6.34. The molecule has 0 saturated heterocycles. The van der Waals surface area contributed by atoms with Crippen molar-refractivity contribution in [1.82, 2.24) is 4.57 Å². The minimum Gasteiger partial charge on any atom is -0.483 e. The summed E-state index contributed by atoms with van der Waals surface area (Å²) in [6, 6.07) is 14.3. The van der Waals surface area contributed by atoms with Gasteiger partial charge in [-0.25, -0.2) is 0 Å². The molecule has 2 aromatic carbocycles. The minimum atomic E-state index is -0.996. The first-order chi connectivity index (χ1) is 13.1. The molecular formula is C21H22ClNO3S. The van der Waals surface area contributed by atoms with Gasteiger partial charge in [0.2, 0.25) is 0 Å². The average molecular weight is 404 g/mol.